The summed E-state index contributed by atoms with van der Waals surface area (Å²) in [4.78, 5) is 4.50. The highest BCUT2D eigenvalue weighted by Crippen LogP contribution is 2.32. The highest BCUT2D eigenvalue weighted by molar-refractivity contribution is 5.03. The first-order valence-corrected chi connectivity index (χ1v) is 7.06. The predicted molar refractivity (Wildman–Crippen MR) is 69.7 cm³/mol. The molecule has 0 bridgehead atoms. The van der Waals surface area contributed by atoms with Crippen molar-refractivity contribution in [1.82, 2.24) is 15.5 Å². The van der Waals surface area contributed by atoms with Crippen LogP contribution >= 0.6 is 0 Å². The zero-order valence-corrected chi connectivity index (χ0v) is 11.9. The average Bonchev–Trinajstić information content (AvgIpc) is 2.96. The van der Waals surface area contributed by atoms with E-state index in [9.17, 15) is 0 Å². The smallest absolute Gasteiger partial charge is 0.257 e. The number of rotatable bonds is 6. The third-order valence-corrected chi connectivity index (χ3v) is 3.62. The Morgan fingerprint density at radius 2 is 2.16 bits per heavy atom. The fraction of sp³-hybridized carbons (Fsp3) is 0.846. The van der Waals surface area contributed by atoms with E-state index in [0.29, 0.717) is 31.5 Å². The van der Waals surface area contributed by atoms with Crippen molar-refractivity contribution in [3.63, 3.8) is 0 Å². The maximum Gasteiger partial charge on any atom is 0.257 e. The van der Waals surface area contributed by atoms with Crippen molar-refractivity contribution in [2.75, 3.05) is 26.3 Å². The average molecular weight is 269 g/mol. The minimum atomic E-state index is -0.446. The number of aromatic nitrogens is 2. The molecular weight excluding hydrogens is 246 g/mol. The third-order valence-electron chi connectivity index (χ3n) is 3.62. The molecule has 1 saturated heterocycles. The summed E-state index contributed by atoms with van der Waals surface area (Å²) in [6.45, 7) is 9.01. The van der Waals surface area contributed by atoms with Gasteiger partial charge in [0, 0.05) is 19.7 Å². The molecule has 0 spiro atoms. The van der Waals surface area contributed by atoms with E-state index < -0.39 is 5.60 Å². The van der Waals surface area contributed by atoms with E-state index in [1.54, 1.807) is 0 Å². The monoisotopic (exact) mass is 269 g/mol. The number of ether oxygens (including phenoxy) is 2. The van der Waals surface area contributed by atoms with Gasteiger partial charge in [0.1, 0.15) is 11.7 Å². The Balaban J connectivity index is 2.17. The van der Waals surface area contributed by atoms with Crippen molar-refractivity contribution in [2.24, 2.45) is 0 Å². The van der Waals surface area contributed by atoms with Gasteiger partial charge in [-0.15, -0.1) is 0 Å². The molecule has 19 heavy (non-hydrogen) atoms. The van der Waals surface area contributed by atoms with Gasteiger partial charge in [0.25, 0.3) is 5.89 Å². The van der Waals surface area contributed by atoms with Crippen LogP contribution in [0.15, 0.2) is 4.52 Å². The first kappa shape index (κ1) is 14.4. The van der Waals surface area contributed by atoms with Crippen molar-refractivity contribution in [3.8, 4) is 0 Å². The molecule has 0 aromatic carbocycles. The molecule has 1 unspecified atom stereocenters. The summed E-state index contributed by atoms with van der Waals surface area (Å²) in [7, 11) is 0. The number of morpholine rings is 1. The summed E-state index contributed by atoms with van der Waals surface area (Å²) in [5.74, 6) is 1.16. The standard InChI is InChI=1S/C13H23N3O3/c1-4-13(5-2,18-6-3)12-15-11(19-16-12)10-9-14-7-8-17-10/h10,14H,4-9H2,1-3H3. The van der Waals surface area contributed by atoms with Crippen LogP contribution in [0.25, 0.3) is 0 Å². The molecular formula is C13H23N3O3. The van der Waals surface area contributed by atoms with Crippen molar-refractivity contribution in [3.05, 3.63) is 11.7 Å². The normalized spacial score (nSPS) is 20.7. The van der Waals surface area contributed by atoms with Crippen molar-refractivity contribution in [2.45, 2.75) is 45.3 Å². The van der Waals surface area contributed by atoms with E-state index in [1.165, 1.54) is 0 Å². The highest BCUT2D eigenvalue weighted by atomic mass is 16.5. The maximum absolute atomic E-state index is 5.87. The van der Waals surface area contributed by atoms with E-state index in [0.717, 1.165) is 19.4 Å². The van der Waals surface area contributed by atoms with Gasteiger partial charge < -0.3 is 19.3 Å². The maximum atomic E-state index is 5.87. The third kappa shape index (κ3) is 2.96. The molecule has 2 rings (SSSR count). The Labute approximate surface area is 113 Å². The summed E-state index contributed by atoms with van der Waals surface area (Å²) < 4.78 is 16.8. The molecule has 1 aromatic rings. The van der Waals surface area contributed by atoms with Gasteiger partial charge in [-0.3, -0.25) is 0 Å². The summed E-state index contributed by atoms with van der Waals surface area (Å²) in [6, 6.07) is 0. The largest absolute Gasteiger partial charge is 0.367 e. The second kappa shape index (κ2) is 6.45. The first-order valence-electron chi connectivity index (χ1n) is 7.06. The molecule has 1 aliphatic rings. The zero-order valence-electron chi connectivity index (χ0n) is 11.9. The molecule has 1 atom stereocenters. The molecule has 0 amide bonds. The van der Waals surface area contributed by atoms with Gasteiger partial charge in [-0.1, -0.05) is 19.0 Å². The van der Waals surface area contributed by atoms with Gasteiger partial charge in [0.15, 0.2) is 0 Å². The molecule has 1 aliphatic heterocycles. The lowest BCUT2D eigenvalue weighted by Crippen LogP contribution is -2.34. The Bertz CT molecular complexity index is 384. The summed E-state index contributed by atoms with van der Waals surface area (Å²) >= 11 is 0. The topological polar surface area (TPSA) is 69.4 Å². The molecule has 6 nitrogen and oxygen atoms in total. The fourth-order valence-electron chi connectivity index (χ4n) is 2.39. The molecule has 6 heteroatoms. The number of nitrogens with one attached hydrogen (secondary N) is 1. The van der Waals surface area contributed by atoms with Gasteiger partial charge >= 0.3 is 0 Å². The molecule has 1 aromatic heterocycles. The first-order chi connectivity index (χ1) is 9.25. The van der Waals surface area contributed by atoms with Crippen LogP contribution in [0.1, 0.15) is 51.4 Å². The van der Waals surface area contributed by atoms with Gasteiger partial charge in [0.2, 0.25) is 5.82 Å². The zero-order chi connectivity index (χ0) is 13.7. The Hall–Kier alpha value is -0.980. The SMILES string of the molecule is CCOC(CC)(CC)c1noc(C2CNCCO2)n1. The van der Waals surface area contributed by atoms with Crippen LogP contribution in [0.5, 0.6) is 0 Å². The van der Waals surface area contributed by atoms with E-state index in [-0.39, 0.29) is 6.10 Å². The van der Waals surface area contributed by atoms with E-state index >= 15 is 0 Å². The minimum Gasteiger partial charge on any atom is -0.367 e. The van der Waals surface area contributed by atoms with Gasteiger partial charge in [-0.25, -0.2) is 0 Å². The van der Waals surface area contributed by atoms with Crippen molar-refractivity contribution < 1.29 is 14.0 Å². The molecule has 1 N–H and O–H groups in total. The van der Waals surface area contributed by atoms with E-state index in [4.69, 9.17) is 14.0 Å². The predicted octanol–water partition coefficient (Wildman–Crippen LogP) is 1.78. The second-order valence-corrected chi connectivity index (χ2v) is 4.65. The van der Waals surface area contributed by atoms with Crippen LogP contribution in [0, 0.1) is 0 Å². The molecule has 2 heterocycles. The molecule has 0 aliphatic carbocycles. The van der Waals surface area contributed by atoms with Crippen molar-refractivity contribution >= 4 is 0 Å². The van der Waals surface area contributed by atoms with Crippen LogP contribution in [-0.4, -0.2) is 36.4 Å². The number of nitrogens with zero attached hydrogens (tertiary/aromatic N) is 2. The van der Waals surface area contributed by atoms with Crippen LogP contribution in [0.2, 0.25) is 0 Å². The quantitative estimate of drug-likeness (QED) is 0.849. The minimum absolute atomic E-state index is 0.150. The Morgan fingerprint density at radius 1 is 1.37 bits per heavy atom. The van der Waals surface area contributed by atoms with Crippen LogP contribution < -0.4 is 5.32 Å². The molecule has 1 fully saturated rings. The van der Waals surface area contributed by atoms with Crippen LogP contribution in [-0.2, 0) is 15.1 Å². The molecule has 108 valence electrons. The molecule has 0 saturated carbocycles. The van der Waals surface area contributed by atoms with E-state index in [1.807, 2.05) is 6.92 Å². The van der Waals surface area contributed by atoms with Gasteiger partial charge in [-0.05, 0) is 19.8 Å². The van der Waals surface area contributed by atoms with Crippen molar-refractivity contribution in [1.29, 1.82) is 0 Å². The van der Waals surface area contributed by atoms with Crippen LogP contribution in [0.4, 0.5) is 0 Å². The number of hydrogen-bond acceptors (Lipinski definition) is 6. The number of hydrogen-bond donors (Lipinski definition) is 1. The Morgan fingerprint density at radius 3 is 2.74 bits per heavy atom. The molecule has 0 radical (unpaired) electrons. The lowest BCUT2D eigenvalue weighted by atomic mass is 9.96. The summed E-state index contributed by atoms with van der Waals surface area (Å²) in [5.41, 5.74) is -0.446. The van der Waals surface area contributed by atoms with Gasteiger partial charge in [-0.2, -0.15) is 4.98 Å². The lowest BCUT2D eigenvalue weighted by Gasteiger charge is -2.27. The van der Waals surface area contributed by atoms with Gasteiger partial charge in [0.05, 0.1) is 6.61 Å². The summed E-state index contributed by atoms with van der Waals surface area (Å²) in [5, 5.41) is 7.36. The summed E-state index contributed by atoms with van der Waals surface area (Å²) in [6.07, 6.45) is 1.49. The highest BCUT2D eigenvalue weighted by Gasteiger charge is 2.35. The van der Waals surface area contributed by atoms with E-state index in [2.05, 4.69) is 29.3 Å². The fourth-order valence-corrected chi connectivity index (χ4v) is 2.39. The second-order valence-electron chi connectivity index (χ2n) is 4.65. The lowest BCUT2D eigenvalue weighted by molar-refractivity contribution is -0.0583. The Kier molecular flexibility index (Phi) is 4.90. The van der Waals surface area contributed by atoms with Crippen LogP contribution in [0.3, 0.4) is 0 Å².